The van der Waals surface area contributed by atoms with Gasteiger partial charge in [-0.15, -0.1) is 0 Å². The molecule has 0 aromatic rings. The number of nitrogens with one attached hydrogen (secondary N) is 1. The molecule has 1 rings (SSSR count). The molecule has 33 heavy (non-hydrogen) atoms. The molecule has 2 atom stereocenters. The van der Waals surface area contributed by atoms with Gasteiger partial charge >= 0.3 is 5.97 Å². The third kappa shape index (κ3) is 10.4. The van der Waals surface area contributed by atoms with E-state index < -0.39 is 29.7 Å². The van der Waals surface area contributed by atoms with Gasteiger partial charge in [0.25, 0.3) is 11.8 Å². The lowest BCUT2D eigenvalue weighted by Crippen LogP contribution is -2.45. The minimum Gasteiger partial charge on any atom is -0.480 e. The summed E-state index contributed by atoms with van der Waals surface area (Å²) in [5.41, 5.74) is 5.07. The minimum atomic E-state index is -1.17. The van der Waals surface area contributed by atoms with Crippen LogP contribution in [0.1, 0.15) is 71.6 Å². The highest BCUT2D eigenvalue weighted by Crippen LogP contribution is 2.19. The first-order valence-corrected chi connectivity index (χ1v) is 11.4. The maximum Gasteiger partial charge on any atom is 0.326 e. The highest BCUT2D eigenvalue weighted by Gasteiger charge is 2.29. The molecule has 0 saturated heterocycles. The molecule has 0 fully saturated rings. The van der Waals surface area contributed by atoms with Crippen LogP contribution >= 0.6 is 0 Å². The van der Waals surface area contributed by atoms with E-state index >= 15 is 0 Å². The number of Topliss-reactive ketones (excluding diaryl/α,β-unsaturated/α-hetero) is 1. The third-order valence-electron chi connectivity index (χ3n) is 5.61. The molecule has 0 bridgehead atoms. The van der Waals surface area contributed by atoms with Gasteiger partial charge in [0.05, 0.1) is 0 Å². The Hall–Kier alpha value is -3.04. The molecule has 0 unspecified atom stereocenters. The molecule has 184 valence electrons. The topological polar surface area (TPSA) is 164 Å². The minimum absolute atomic E-state index is 0.0184. The first-order chi connectivity index (χ1) is 15.5. The lowest BCUT2D eigenvalue weighted by atomic mass is 9.88. The highest BCUT2D eigenvalue weighted by atomic mass is 16.4. The molecular weight excluding hydrogens is 430 g/mol. The smallest absolute Gasteiger partial charge is 0.326 e. The summed E-state index contributed by atoms with van der Waals surface area (Å²) in [5.74, 6) is -3.63. The van der Waals surface area contributed by atoms with E-state index in [9.17, 15) is 33.9 Å². The molecule has 0 aromatic heterocycles. The summed E-state index contributed by atoms with van der Waals surface area (Å²) in [4.78, 5) is 71.5. The zero-order chi connectivity index (χ0) is 25.0. The predicted octanol–water partition coefficient (Wildman–Crippen LogP) is 1.32. The van der Waals surface area contributed by atoms with Crippen molar-refractivity contribution in [1.29, 1.82) is 0 Å². The standard InChI is InChI=1S/C23H35N3O7/c1-15(2)17(22(31)25-18(23(32)33)9-5-6-10-19(24)28)14-16(27)8-4-3-7-13-26-20(29)11-12-21(26)30/h11-12,15,17-18H,3-10,13-14H2,1-2H3,(H2,24,28)(H,25,31)(H,32,33)/t17-,18-/m0/s1. The lowest BCUT2D eigenvalue weighted by molar-refractivity contribution is -0.143. The van der Waals surface area contributed by atoms with Crippen molar-refractivity contribution in [2.75, 3.05) is 6.54 Å². The maximum atomic E-state index is 12.7. The normalized spacial score (nSPS) is 15.1. The van der Waals surface area contributed by atoms with Crippen LogP contribution in [0.15, 0.2) is 12.2 Å². The van der Waals surface area contributed by atoms with Crippen molar-refractivity contribution in [2.45, 2.75) is 77.7 Å². The lowest BCUT2D eigenvalue weighted by Gasteiger charge is -2.22. The van der Waals surface area contributed by atoms with Crippen molar-refractivity contribution in [2.24, 2.45) is 17.6 Å². The van der Waals surface area contributed by atoms with Crippen LogP contribution in [0, 0.1) is 11.8 Å². The number of carbonyl (C=O) groups excluding carboxylic acids is 5. The molecule has 10 nitrogen and oxygen atoms in total. The number of primary amides is 1. The monoisotopic (exact) mass is 465 g/mol. The van der Waals surface area contributed by atoms with Crippen molar-refractivity contribution in [3.63, 3.8) is 0 Å². The largest absolute Gasteiger partial charge is 0.480 e. The van der Waals surface area contributed by atoms with Crippen LogP contribution < -0.4 is 11.1 Å². The van der Waals surface area contributed by atoms with Crippen LogP contribution in [-0.2, 0) is 28.8 Å². The molecular formula is C23H35N3O7. The van der Waals surface area contributed by atoms with Crippen LogP contribution in [-0.4, -0.2) is 58.0 Å². The van der Waals surface area contributed by atoms with Gasteiger partial charge in [-0.1, -0.05) is 26.7 Å². The van der Waals surface area contributed by atoms with E-state index in [1.165, 1.54) is 12.2 Å². The molecule has 10 heteroatoms. The summed E-state index contributed by atoms with van der Waals surface area (Å²) in [7, 11) is 0. The van der Waals surface area contributed by atoms with Crippen LogP contribution in [0.2, 0.25) is 0 Å². The zero-order valence-corrected chi connectivity index (χ0v) is 19.4. The van der Waals surface area contributed by atoms with Gasteiger partial charge in [-0.25, -0.2) is 4.79 Å². The molecule has 0 aliphatic carbocycles. The summed E-state index contributed by atoms with van der Waals surface area (Å²) >= 11 is 0. The van der Waals surface area contributed by atoms with E-state index in [2.05, 4.69) is 5.32 Å². The van der Waals surface area contributed by atoms with Crippen molar-refractivity contribution < 1.29 is 33.9 Å². The number of carboxylic acid groups (broad SMARTS) is 1. The summed E-state index contributed by atoms with van der Waals surface area (Å²) < 4.78 is 0. The average molecular weight is 466 g/mol. The Morgan fingerprint density at radius 3 is 2.12 bits per heavy atom. The Kier molecular flexibility index (Phi) is 12.0. The van der Waals surface area contributed by atoms with E-state index in [1.807, 2.05) is 0 Å². The molecule has 1 aliphatic heterocycles. The third-order valence-corrected chi connectivity index (χ3v) is 5.61. The number of amides is 4. The van der Waals surface area contributed by atoms with Gasteiger partial charge in [-0.05, 0) is 31.6 Å². The van der Waals surface area contributed by atoms with E-state index in [1.54, 1.807) is 13.8 Å². The molecule has 4 N–H and O–H groups in total. The zero-order valence-electron chi connectivity index (χ0n) is 19.4. The highest BCUT2D eigenvalue weighted by molar-refractivity contribution is 6.12. The Balaban J connectivity index is 2.43. The van der Waals surface area contributed by atoms with Gasteiger partial charge in [0.1, 0.15) is 11.8 Å². The molecule has 0 spiro atoms. The number of ketones is 1. The fourth-order valence-corrected chi connectivity index (χ4v) is 3.58. The van der Waals surface area contributed by atoms with Crippen molar-refractivity contribution >= 4 is 35.4 Å². The SMILES string of the molecule is CC(C)[C@H](CC(=O)CCCCCN1C(=O)C=CC1=O)C(=O)N[C@@H](CCCCC(N)=O)C(=O)O. The summed E-state index contributed by atoms with van der Waals surface area (Å²) in [6.07, 6.45) is 5.79. The summed E-state index contributed by atoms with van der Waals surface area (Å²) in [6, 6.07) is -1.09. The number of aliphatic carboxylic acids is 1. The quantitative estimate of drug-likeness (QED) is 0.215. The van der Waals surface area contributed by atoms with Gasteiger partial charge < -0.3 is 16.2 Å². The van der Waals surface area contributed by atoms with Crippen molar-refractivity contribution in [3.05, 3.63) is 12.2 Å². The fraction of sp³-hybridized carbons (Fsp3) is 0.652. The summed E-state index contributed by atoms with van der Waals surface area (Å²) in [5, 5.41) is 11.9. The number of nitrogens with zero attached hydrogens (tertiary/aromatic N) is 1. The number of hydrogen-bond donors (Lipinski definition) is 3. The number of hydrogen-bond acceptors (Lipinski definition) is 6. The van der Waals surface area contributed by atoms with Crippen molar-refractivity contribution in [1.82, 2.24) is 10.2 Å². The van der Waals surface area contributed by atoms with Gasteiger partial charge in [0.2, 0.25) is 11.8 Å². The van der Waals surface area contributed by atoms with Crippen LogP contribution in [0.3, 0.4) is 0 Å². The second-order valence-corrected chi connectivity index (χ2v) is 8.68. The van der Waals surface area contributed by atoms with Crippen molar-refractivity contribution in [3.8, 4) is 0 Å². The van der Waals surface area contributed by atoms with E-state index in [4.69, 9.17) is 5.73 Å². The Morgan fingerprint density at radius 2 is 1.58 bits per heavy atom. The first-order valence-electron chi connectivity index (χ1n) is 11.4. The van der Waals surface area contributed by atoms with Gasteiger partial charge in [0, 0.05) is 43.9 Å². The van der Waals surface area contributed by atoms with E-state index in [0.29, 0.717) is 38.6 Å². The van der Waals surface area contributed by atoms with E-state index in [0.717, 1.165) is 4.90 Å². The van der Waals surface area contributed by atoms with Gasteiger partial charge in [-0.3, -0.25) is 28.9 Å². The van der Waals surface area contributed by atoms with Crippen LogP contribution in [0.5, 0.6) is 0 Å². The molecule has 4 amide bonds. The predicted molar refractivity (Wildman–Crippen MR) is 120 cm³/mol. The molecule has 0 aromatic carbocycles. The Labute approximate surface area is 193 Å². The van der Waals surface area contributed by atoms with E-state index in [-0.39, 0.29) is 49.2 Å². The number of carboxylic acids is 1. The number of nitrogens with two attached hydrogens (primary N) is 1. The second-order valence-electron chi connectivity index (χ2n) is 8.68. The molecule has 0 radical (unpaired) electrons. The second kappa shape index (κ2) is 14.2. The molecule has 0 saturated carbocycles. The number of rotatable bonds is 17. The first kappa shape index (κ1) is 28.0. The van der Waals surface area contributed by atoms with Crippen LogP contribution in [0.4, 0.5) is 0 Å². The average Bonchev–Trinajstić information content (AvgIpc) is 3.05. The van der Waals surface area contributed by atoms with Crippen LogP contribution in [0.25, 0.3) is 0 Å². The van der Waals surface area contributed by atoms with Gasteiger partial charge in [0.15, 0.2) is 0 Å². The molecule has 1 heterocycles. The number of imide groups is 1. The Morgan fingerprint density at radius 1 is 0.970 bits per heavy atom. The fourth-order valence-electron chi connectivity index (χ4n) is 3.58. The molecule has 1 aliphatic rings. The van der Waals surface area contributed by atoms with Gasteiger partial charge in [-0.2, -0.15) is 0 Å². The summed E-state index contributed by atoms with van der Waals surface area (Å²) in [6.45, 7) is 3.92. The maximum absolute atomic E-state index is 12.7. The number of carbonyl (C=O) groups is 6. The number of unbranched alkanes of at least 4 members (excludes halogenated alkanes) is 3. The Bertz CT molecular complexity index is 758.